The largest absolute Gasteiger partial charge is 0.395 e. The molecule has 1 rings (SSSR count). The third-order valence-corrected chi connectivity index (χ3v) is 2.97. The molecule has 0 fully saturated rings. The van der Waals surface area contributed by atoms with Gasteiger partial charge in [0.1, 0.15) is 0 Å². The maximum absolute atomic E-state index is 11.8. The van der Waals surface area contributed by atoms with Gasteiger partial charge in [0.2, 0.25) is 5.91 Å². The third-order valence-electron chi connectivity index (χ3n) is 2.40. The van der Waals surface area contributed by atoms with Gasteiger partial charge in [-0.05, 0) is 18.2 Å². The van der Waals surface area contributed by atoms with Crippen molar-refractivity contribution in [1.82, 2.24) is 4.90 Å². The number of nitrogens with zero attached hydrogens (tertiary/aromatic N) is 1. The van der Waals surface area contributed by atoms with Crippen LogP contribution in [0.4, 0.5) is 5.69 Å². The van der Waals surface area contributed by atoms with Gasteiger partial charge in [0.05, 0.1) is 30.5 Å². The van der Waals surface area contributed by atoms with E-state index in [1.807, 2.05) is 0 Å². The Morgan fingerprint density at radius 1 is 1.21 bits per heavy atom. The van der Waals surface area contributed by atoms with Crippen LogP contribution in [0.3, 0.4) is 0 Å². The zero-order chi connectivity index (χ0) is 14.3. The molecule has 0 aliphatic heterocycles. The van der Waals surface area contributed by atoms with E-state index in [2.05, 4.69) is 5.32 Å². The first kappa shape index (κ1) is 16.2. The summed E-state index contributed by atoms with van der Waals surface area (Å²) >= 11 is 11.8. The lowest BCUT2D eigenvalue weighted by Gasteiger charge is -2.19. The van der Waals surface area contributed by atoms with E-state index >= 15 is 0 Å². The van der Waals surface area contributed by atoms with E-state index in [1.165, 1.54) is 0 Å². The van der Waals surface area contributed by atoms with Crippen LogP contribution in [-0.2, 0) is 4.79 Å². The molecule has 0 aromatic heterocycles. The van der Waals surface area contributed by atoms with Crippen molar-refractivity contribution in [3.8, 4) is 0 Å². The Kier molecular flexibility index (Phi) is 7.12. The summed E-state index contributed by atoms with van der Waals surface area (Å²) in [5.41, 5.74) is 0.437. The maximum Gasteiger partial charge on any atom is 0.238 e. The van der Waals surface area contributed by atoms with Gasteiger partial charge in [-0.25, -0.2) is 0 Å². The summed E-state index contributed by atoms with van der Waals surface area (Å²) < 4.78 is 0. The second-order valence-electron chi connectivity index (χ2n) is 3.90. The van der Waals surface area contributed by atoms with Gasteiger partial charge in [0.15, 0.2) is 0 Å². The number of benzene rings is 1. The van der Waals surface area contributed by atoms with Gasteiger partial charge >= 0.3 is 0 Å². The molecule has 1 amide bonds. The summed E-state index contributed by atoms with van der Waals surface area (Å²) in [6.45, 7) is 0.537. The molecule has 0 saturated heterocycles. The monoisotopic (exact) mass is 306 g/mol. The van der Waals surface area contributed by atoms with E-state index in [9.17, 15) is 4.79 Å². The lowest BCUT2D eigenvalue weighted by molar-refractivity contribution is -0.117. The summed E-state index contributed by atoms with van der Waals surface area (Å²) in [5, 5.41) is 21.2. The number of hydrogen-bond acceptors (Lipinski definition) is 4. The SMILES string of the molecule is O=C(CN(CCO)CCO)Nc1cc(Cl)ccc1Cl. The highest BCUT2D eigenvalue weighted by molar-refractivity contribution is 6.35. The Morgan fingerprint density at radius 2 is 1.84 bits per heavy atom. The van der Waals surface area contributed by atoms with Crippen molar-refractivity contribution in [2.24, 2.45) is 0 Å². The molecular formula is C12H16Cl2N2O3. The summed E-state index contributed by atoms with van der Waals surface area (Å²) in [6, 6.07) is 4.78. The maximum atomic E-state index is 11.8. The molecule has 106 valence electrons. The average Bonchev–Trinajstić information content (AvgIpc) is 2.34. The zero-order valence-corrected chi connectivity index (χ0v) is 11.8. The first-order valence-corrected chi connectivity index (χ1v) is 6.51. The number of hydrogen-bond donors (Lipinski definition) is 3. The number of carbonyl (C=O) groups excluding carboxylic acids is 1. The Hall–Kier alpha value is -0.850. The third kappa shape index (κ3) is 5.76. The van der Waals surface area contributed by atoms with Crippen LogP contribution in [0.5, 0.6) is 0 Å². The van der Waals surface area contributed by atoms with Gasteiger partial charge < -0.3 is 15.5 Å². The van der Waals surface area contributed by atoms with Crippen molar-refractivity contribution in [2.75, 3.05) is 38.2 Å². The fraction of sp³-hybridized carbons (Fsp3) is 0.417. The predicted molar refractivity (Wildman–Crippen MR) is 75.7 cm³/mol. The summed E-state index contributed by atoms with van der Waals surface area (Å²) in [4.78, 5) is 13.5. The second kappa shape index (κ2) is 8.35. The molecule has 7 heteroatoms. The van der Waals surface area contributed by atoms with E-state index < -0.39 is 0 Å². The van der Waals surface area contributed by atoms with Gasteiger partial charge in [-0.2, -0.15) is 0 Å². The number of nitrogens with one attached hydrogen (secondary N) is 1. The highest BCUT2D eigenvalue weighted by atomic mass is 35.5. The minimum absolute atomic E-state index is 0.0595. The van der Waals surface area contributed by atoms with E-state index in [1.54, 1.807) is 23.1 Å². The highest BCUT2D eigenvalue weighted by Gasteiger charge is 2.11. The predicted octanol–water partition coefficient (Wildman–Crippen LogP) is 1.22. The number of carbonyl (C=O) groups is 1. The number of aliphatic hydroxyl groups is 2. The van der Waals surface area contributed by atoms with Gasteiger partial charge in [-0.15, -0.1) is 0 Å². The van der Waals surface area contributed by atoms with Gasteiger partial charge in [0.25, 0.3) is 0 Å². The minimum Gasteiger partial charge on any atom is -0.395 e. The van der Waals surface area contributed by atoms with Crippen LogP contribution >= 0.6 is 23.2 Å². The van der Waals surface area contributed by atoms with Crippen molar-refractivity contribution < 1.29 is 15.0 Å². The lowest BCUT2D eigenvalue weighted by atomic mass is 10.3. The van der Waals surface area contributed by atoms with E-state index in [0.717, 1.165) is 0 Å². The van der Waals surface area contributed by atoms with Crippen LogP contribution in [0, 0.1) is 0 Å². The number of halogens is 2. The zero-order valence-electron chi connectivity index (χ0n) is 10.3. The van der Waals surface area contributed by atoms with Crippen LogP contribution < -0.4 is 5.32 Å². The van der Waals surface area contributed by atoms with Crippen molar-refractivity contribution in [1.29, 1.82) is 0 Å². The molecule has 0 unspecified atom stereocenters. The van der Waals surface area contributed by atoms with E-state index in [-0.39, 0.29) is 25.7 Å². The van der Waals surface area contributed by atoms with Crippen molar-refractivity contribution in [3.05, 3.63) is 28.2 Å². The number of aliphatic hydroxyl groups excluding tert-OH is 2. The number of amides is 1. The van der Waals surface area contributed by atoms with Crippen LogP contribution in [0.2, 0.25) is 10.0 Å². The van der Waals surface area contributed by atoms with Crippen molar-refractivity contribution in [3.63, 3.8) is 0 Å². The first-order chi connectivity index (χ1) is 9.06. The molecule has 0 spiro atoms. The molecule has 1 aromatic carbocycles. The van der Waals surface area contributed by atoms with E-state index in [4.69, 9.17) is 33.4 Å². The van der Waals surface area contributed by atoms with Crippen LogP contribution in [0.25, 0.3) is 0 Å². The molecule has 0 saturated carbocycles. The minimum atomic E-state index is -0.286. The van der Waals surface area contributed by atoms with Crippen LogP contribution in [0.15, 0.2) is 18.2 Å². The van der Waals surface area contributed by atoms with Crippen molar-refractivity contribution >= 4 is 34.8 Å². The molecule has 0 aliphatic rings. The lowest BCUT2D eigenvalue weighted by Crippen LogP contribution is -2.37. The molecule has 0 atom stereocenters. The molecule has 3 N–H and O–H groups in total. The number of anilines is 1. The Bertz CT molecular complexity index is 423. The molecule has 19 heavy (non-hydrogen) atoms. The average molecular weight is 307 g/mol. The molecule has 0 radical (unpaired) electrons. The second-order valence-corrected chi connectivity index (χ2v) is 4.74. The molecule has 1 aromatic rings. The van der Waals surface area contributed by atoms with E-state index in [0.29, 0.717) is 28.8 Å². The van der Waals surface area contributed by atoms with Gasteiger partial charge in [0, 0.05) is 18.1 Å². The Labute approximate surface area is 121 Å². The molecule has 0 aliphatic carbocycles. The standard InChI is InChI=1S/C12H16Cl2N2O3/c13-9-1-2-10(14)11(7-9)15-12(19)8-16(3-5-17)4-6-18/h1-2,7,17-18H,3-6,8H2,(H,15,19). The number of rotatable bonds is 7. The summed E-state index contributed by atoms with van der Waals surface area (Å²) in [7, 11) is 0. The smallest absolute Gasteiger partial charge is 0.238 e. The quantitative estimate of drug-likeness (QED) is 0.708. The summed E-state index contributed by atoms with van der Waals surface area (Å²) in [6.07, 6.45) is 0. The Morgan fingerprint density at radius 3 is 2.42 bits per heavy atom. The van der Waals surface area contributed by atoms with Crippen molar-refractivity contribution in [2.45, 2.75) is 0 Å². The Balaban J connectivity index is 2.60. The van der Waals surface area contributed by atoms with Gasteiger partial charge in [-0.3, -0.25) is 9.69 Å². The van der Waals surface area contributed by atoms with Crippen LogP contribution in [-0.4, -0.2) is 53.9 Å². The fourth-order valence-corrected chi connectivity index (χ4v) is 1.88. The van der Waals surface area contributed by atoms with Crippen LogP contribution in [0.1, 0.15) is 0 Å². The fourth-order valence-electron chi connectivity index (χ4n) is 1.54. The first-order valence-electron chi connectivity index (χ1n) is 5.75. The topological polar surface area (TPSA) is 72.8 Å². The van der Waals surface area contributed by atoms with Gasteiger partial charge in [-0.1, -0.05) is 23.2 Å². The summed E-state index contributed by atoms with van der Waals surface area (Å²) in [5.74, 6) is -0.286. The highest BCUT2D eigenvalue weighted by Crippen LogP contribution is 2.25. The molecule has 5 nitrogen and oxygen atoms in total. The molecule has 0 heterocycles. The molecule has 0 bridgehead atoms. The normalized spacial score (nSPS) is 10.8. The molecular weight excluding hydrogens is 291 g/mol.